The molecular formula is C21H18N4O5S2. The van der Waals surface area contributed by atoms with Crippen LogP contribution in [-0.4, -0.2) is 48.7 Å². The number of nitrogens with zero attached hydrogens (tertiary/aromatic N) is 3. The molecule has 32 heavy (non-hydrogen) atoms. The number of aryl methyl sites for hydroxylation is 1. The number of carbonyl (C=O) groups is 1. The molecule has 1 amide bonds. The van der Waals surface area contributed by atoms with Crippen LogP contribution < -0.4 is 8.92 Å². The molecular weight excluding hydrogens is 452 g/mol. The first-order valence-electron chi connectivity index (χ1n) is 9.30. The van der Waals surface area contributed by atoms with Crippen LogP contribution in [0.25, 0.3) is 6.08 Å². The van der Waals surface area contributed by atoms with Crippen molar-refractivity contribution in [2.75, 3.05) is 13.4 Å². The molecule has 0 atom stereocenters. The van der Waals surface area contributed by atoms with Crippen LogP contribution in [0.15, 0.2) is 58.1 Å². The standard InChI is InChI=1S/C21H18N4O5S2/c1-12-6-4-5-7-14(12)20-24-25-18(22)15(19(26)23-21(25)31-20)10-13-8-9-16(17(11-13)29-2)30-32(3,27)28/h4-11,22H,1-3H3/b15-10-,22-18?. The molecule has 0 unspecified atom stereocenters. The molecule has 1 N–H and O–H groups in total. The number of amides is 1. The molecule has 0 aliphatic carbocycles. The zero-order chi connectivity index (χ0) is 23.0. The van der Waals surface area contributed by atoms with E-state index < -0.39 is 16.0 Å². The number of aliphatic imine (C=N–C) groups is 1. The second-order valence-electron chi connectivity index (χ2n) is 6.94. The maximum absolute atomic E-state index is 12.6. The van der Waals surface area contributed by atoms with Crippen LogP contribution >= 0.6 is 11.8 Å². The second-order valence-corrected chi connectivity index (χ2v) is 9.47. The van der Waals surface area contributed by atoms with Crippen molar-refractivity contribution >= 4 is 49.9 Å². The normalized spacial score (nSPS) is 17.2. The van der Waals surface area contributed by atoms with Gasteiger partial charge in [0.2, 0.25) is 5.17 Å². The third kappa shape index (κ3) is 4.30. The first-order chi connectivity index (χ1) is 15.2. The quantitative estimate of drug-likeness (QED) is 0.527. The number of benzene rings is 2. The average molecular weight is 471 g/mol. The number of amidine groups is 2. The number of carbonyl (C=O) groups excluding carboxylic acids is 1. The Hall–Kier alpha value is -3.44. The van der Waals surface area contributed by atoms with E-state index in [9.17, 15) is 13.2 Å². The second kappa shape index (κ2) is 8.24. The fourth-order valence-corrected chi connectivity index (χ4v) is 4.53. The maximum atomic E-state index is 12.6. The fraction of sp³-hybridized carbons (Fsp3) is 0.143. The minimum atomic E-state index is -3.73. The van der Waals surface area contributed by atoms with Crippen molar-refractivity contribution in [3.8, 4) is 11.5 Å². The molecule has 2 aliphatic heterocycles. The Kier molecular flexibility index (Phi) is 5.61. The van der Waals surface area contributed by atoms with Crippen molar-refractivity contribution in [3.63, 3.8) is 0 Å². The summed E-state index contributed by atoms with van der Waals surface area (Å²) in [4.78, 5) is 16.7. The fourth-order valence-electron chi connectivity index (χ4n) is 3.09. The van der Waals surface area contributed by atoms with E-state index >= 15 is 0 Å². The van der Waals surface area contributed by atoms with E-state index in [2.05, 4.69) is 10.1 Å². The van der Waals surface area contributed by atoms with E-state index in [1.54, 1.807) is 6.07 Å². The van der Waals surface area contributed by atoms with E-state index in [4.69, 9.17) is 14.3 Å². The van der Waals surface area contributed by atoms with Gasteiger partial charge in [-0.3, -0.25) is 10.2 Å². The van der Waals surface area contributed by atoms with Gasteiger partial charge in [0.15, 0.2) is 17.3 Å². The van der Waals surface area contributed by atoms with Gasteiger partial charge in [-0.15, -0.1) is 0 Å². The van der Waals surface area contributed by atoms with Crippen molar-refractivity contribution < 1.29 is 22.1 Å². The Labute approximate surface area is 189 Å². The third-order valence-electron chi connectivity index (χ3n) is 4.57. The van der Waals surface area contributed by atoms with E-state index in [-0.39, 0.29) is 22.9 Å². The highest BCUT2D eigenvalue weighted by Crippen LogP contribution is 2.33. The number of hydrogen-bond donors (Lipinski definition) is 1. The highest BCUT2D eigenvalue weighted by molar-refractivity contribution is 8.27. The average Bonchev–Trinajstić information content (AvgIpc) is 3.15. The Morgan fingerprint density at radius 2 is 1.91 bits per heavy atom. The Morgan fingerprint density at radius 3 is 2.59 bits per heavy atom. The molecule has 2 heterocycles. The van der Waals surface area contributed by atoms with Gasteiger partial charge in [-0.1, -0.05) is 30.3 Å². The Morgan fingerprint density at radius 1 is 1.16 bits per heavy atom. The summed E-state index contributed by atoms with van der Waals surface area (Å²) in [5, 5.41) is 15.3. The zero-order valence-electron chi connectivity index (χ0n) is 17.3. The number of hydrogen-bond acceptors (Lipinski definition) is 8. The molecule has 0 bridgehead atoms. The summed E-state index contributed by atoms with van der Waals surface area (Å²) in [5.41, 5.74) is 2.48. The van der Waals surface area contributed by atoms with Crippen LogP contribution in [0.1, 0.15) is 16.7 Å². The van der Waals surface area contributed by atoms with Gasteiger partial charge in [0.25, 0.3) is 5.91 Å². The van der Waals surface area contributed by atoms with E-state index in [0.29, 0.717) is 15.8 Å². The van der Waals surface area contributed by atoms with E-state index in [1.165, 1.54) is 42.1 Å². The van der Waals surface area contributed by atoms with Gasteiger partial charge >= 0.3 is 10.1 Å². The molecule has 4 rings (SSSR count). The molecule has 0 saturated carbocycles. The van der Waals surface area contributed by atoms with Crippen molar-refractivity contribution in [2.24, 2.45) is 10.1 Å². The number of rotatable bonds is 5. The van der Waals surface area contributed by atoms with Crippen molar-refractivity contribution in [2.45, 2.75) is 6.92 Å². The highest BCUT2D eigenvalue weighted by atomic mass is 32.2. The van der Waals surface area contributed by atoms with Crippen LogP contribution in [0.2, 0.25) is 0 Å². The Balaban J connectivity index is 1.67. The van der Waals surface area contributed by atoms with Gasteiger partial charge < -0.3 is 8.92 Å². The van der Waals surface area contributed by atoms with Gasteiger partial charge in [0, 0.05) is 5.56 Å². The van der Waals surface area contributed by atoms with Crippen LogP contribution in [0, 0.1) is 12.3 Å². The molecule has 9 nitrogen and oxygen atoms in total. The molecule has 0 fully saturated rings. The lowest BCUT2D eigenvalue weighted by atomic mass is 10.1. The molecule has 0 aromatic heterocycles. The lowest BCUT2D eigenvalue weighted by Crippen LogP contribution is -2.35. The summed E-state index contributed by atoms with van der Waals surface area (Å²) in [6.45, 7) is 1.96. The number of methoxy groups -OCH3 is 1. The van der Waals surface area contributed by atoms with Gasteiger partial charge in [-0.05, 0) is 48.0 Å². The summed E-state index contributed by atoms with van der Waals surface area (Å²) >= 11 is 1.23. The SMILES string of the molecule is COc1cc(/C=C2/C(=N)N3N=C(c4ccccc4C)SC3=NC2=O)ccc1OS(C)(=O)=O. The van der Waals surface area contributed by atoms with Crippen LogP contribution in [0.4, 0.5) is 0 Å². The number of hydrazone groups is 1. The predicted molar refractivity (Wildman–Crippen MR) is 124 cm³/mol. The molecule has 2 aromatic carbocycles. The molecule has 0 radical (unpaired) electrons. The first kappa shape index (κ1) is 21.8. The lowest BCUT2D eigenvalue weighted by Gasteiger charge is -2.20. The van der Waals surface area contributed by atoms with Crippen molar-refractivity contribution in [3.05, 3.63) is 64.7 Å². The molecule has 11 heteroatoms. The Bertz CT molecular complexity index is 1350. The van der Waals surface area contributed by atoms with Crippen molar-refractivity contribution in [1.29, 1.82) is 5.41 Å². The molecule has 0 spiro atoms. The van der Waals surface area contributed by atoms with Gasteiger partial charge in [-0.2, -0.15) is 23.5 Å². The highest BCUT2D eigenvalue weighted by Gasteiger charge is 2.36. The van der Waals surface area contributed by atoms with Crippen molar-refractivity contribution in [1.82, 2.24) is 5.01 Å². The van der Waals surface area contributed by atoms with Gasteiger partial charge in [-0.25, -0.2) is 0 Å². The molecule has 2 aliphatic rings. The third-order valence-corrected chi connectivity index (χ3v) is 5.99. The van der Waals surface area contributed by atoms with E-state index in [1.807, 2.05) is 31.2 Å². The number of thioether (sulfide) groups is 1. The molecule has 164 valence electrons. The summed E-state index contributed by atoms with van der Waals surface area (Å²) < 4.78 is 32.9. The number of nitrogens with one attached hydrogen (secondary N) is 1. The van der Waals surface area contributed by atoms with E-state index in [0.717, 1.165) is 17.4 Å². The summed E-state index contributed by atoms with van der Waals surface area (Å²) in [6.07, 6.45) is 2.41. The number of ether oxygens (including phenoxy) is 1. The largest absolute Gasteiger partial charge is 0.493 e. The van der Waals surface area contributed by atoms with Gasteiger partial charge in [0.1, 0.15) is 5.04 Å². The summed E-state index contributed by atoms with van der Waals surface area (Å²) in [7, 11) is -2.36. The zero-order valence-corrected chi connectivity index (χ0v) is 19.0. The topological polar surface area (TPSA) is 121 Å². The van der Waals surface area contributed by atoms with Gasteiger partial charge in [0.05, 0.1) is 18.9 Å². The predicted octanol–water partition coefficient (Wildman–Crippen LogP) is 3.01. The summed E-state index contributed by atoms with van der Waals surface area (Å²) in [6, 6.07) is 12.2. The minimum absolute atomic E-state index is 0.0194. The number of fused-ring (bicyclic) bond motifs is 1. The molecule has 0 saturated heterocycles. The molecule has 2 aromatic rings. The van der Waals surface area contributed by atoms with Crippen LogP contribution in [0.5, 0.6) is 11.5 Å². The monoisotopic (exact) mass is 470 g/mol. The van der Waals surface area contributed by atoms with Crippen LogP contribution in [-0.2, 0) is 14.9 Å². The maximum Gasteiger partial charge on any atom is 0.306 e. The van der Waals surface area contributed by atoms with Crippen LogP contribution in [0.3, 0.4) is 0 Å². The smallest absolute Gasteiger partial charge is 0.306 e. The lowest BCUT2D eigenvalue weighted by molar-refractivity contribution is -0.114. The minimum Gasteiger partial charge on any atom is -0.493 e. The first-order valence-corrected chi connectivity index (χ1v) is 11.9. The summed E-state index contributed by atoms with van der Waals surface area (Å²) in [5.74, 6) is -0.483.